The topological polar surface area (TPSA) is 76.8 Å². The Kier molecular flexibility index (Phi) is 6.09. The maximum absolute atomic E-state index is 5.37. The highest BCUT2D eigenvalue weighted by Gasteiger charge is 2.09. The van der Waals surface area contributed by atoms with Crippen LogP contribution >= 0.6 is 0 Å². The second-order valence-corrected chi connectivity index (χ2v) is 3.92. The Morgan fingerprint density at radius 2 is 1.19 bits per heavy atom. The molecule has 0 unspecified atom stereocenters. The molecule has 0 bridgehead atoms. The highest BCUT2D eigenvalue weighted by Crippen LogP contribution is 2.08. The van der Waals surface area contributed by atoms with Crippen LogP contribution in [0.3, 0.4) is 0 Å². The number of rotatable bonds is 0. The molecule has 0 aromatic rings. The molecule has 0 saturated heterocycles. The molecule has 0 heterocycles. The Labute approximate surface area is 97.2 Å². The highest BCUT2D eigenvalue weighted by molar-refractivity contribution is 6.42. The van der Waals surface area contributed by atoms with Crippen LogP contribution in [0.15, 0.2) is 10.2 Å². The van der Waals surface area contributed by atoms with Gasteiger partial charge >= 0.3 is 0 Å². The number of hydrogen-bond donors (Lipinski definition) is 2. The third-order valence-corrected chi connectivity index (χ3v) is 2.70. The van der Waals surface area contributed by atoms with Crippen LogP contribution < -0.4 is 11.7 Å². The van der Waals surface area contributed by atoms with Crippen molar-refractivity contribution in [1.82, 2.24) is 0 Å². The van der Waals surface area contributed by atoms with Crippen LogP contribution in [-0.4, -0.2) is 11.4 Å². The van der Waals surface area contributed by atoms with Crippen molar-refractivity contribution in [2.75, 3.05) is 0 Å². The lowest BCUT2D eigenvalue weighted by molar-refractivity contribution is 0.767. The van der Waals surface area contributed by atoms with Gasteiger partial charge in [-0.25, -0.2) is 0 Å². The van der Waals surface area contributed by atoms with Gasteiger partial charge in [-0.2, -0.15) is 10.2 Å². The predicted octanol–water partition coefficient (Wildman–Crippen LogP) is 1.75. The smallest absolute Gasteiger partial charge is 0.0832 e. The van der Waals surface area contributed by atoms with Gasteiger partial charge in [0.2, 0.25) is 0 Å². The predicted molar refractivity (Wildman–Crippen MR) is 68.0 cm³/mol. The van der Waals surface area contributed by atoms with E-state index >= 15 is 0 Å². The third-order valence-electron chi connectivity index (χ3n) is 2.70. The van der Waals surface area contributed by atoms with E-state index in [9.17, 15) is 0 Å². The van der Waals surface area contributed by atoms with E-state index in [4.69, 9.17) is 11.7 Å². The molecular weight excluding hydrogens is 200 g/mol. The van der Waals surface area contributed by atoms with Gasteiger partial charge in [-0.15, -0.1) is 11.8 Å². The van der Waals surface area contributed by atoms with Crippen molar-refractivity contribution in [3.63, 3.8) is 0 Å². The first kappa shape index (κ1) is 12.6. The molecule has 1 aliphatic rings. The van der Waals surface area contributed by atoms with Crippen LogP contribution in [0.4, 0.5) is 0 Å². The van der Waals surface area contributed by atoms with Gasteiger partial charge in [0.15, 0.2) is 0 Å². The molecule has 0 spiro atoms. The summed E-state index contributed by atoms with van der Waals surface area (Å²) >= 11 is 0. The van der Waals surface area contributed by atoms with Crippen molar-refractivity contribution in [1.29, 1.82) is 0 Å². The first-order valence-corrected chi connectivity index (χ1v) is 5.88. The van der Waals surface area contributed by atoms with Gasteiger partial charge in [0.1, 0.15) is 0 Å². The molecule has 0 aromatic carbocycles. The van der Waals surface area contributed by atoms with Gasteiger partial charge in [0.05, 0.1) is 11.4 Å². The molecule has 0 fully saturated rings. The third kappa shape index (κ3) is 4.35. The maximum atomic E-state index is 5.37. The van der Waals surface area contributed by atoms with E-state index in [-0.39, 0.29) is 0 Å². The first-order chi connectivity index (χ1) is 7.88. The monoisotopic (exact) mass is 220 g/mol. The van der Waals surface area contributed by atoms with Gasteiger partial charge < -0.3 is 11.7 Å². The zero-order chi connectivity index (χ0) is 11.6. The minimum Gasteiger partial charge on any atom is -0.323 e. The largest absolute Gasteiger partial charge is 0.323 e. The van der Waals surface area contributed by atoms with Crippen molar-refractivity contribution in [3.8, 4) is 11.8 Å². The summed E-state index contributed by atoms with van der Waals surface area (Å²) in [6.07, 6.45) is 7.91. The Morgan fingerprint density at radius 1 is 0.750 bits per heavy atom. The van der Waals surface area contributed by atoms with Crippen LogP contribution in [0.25, 0.3) is 0 Å². The minimum atomic E-state index is 0.855. The van der Waals surface area contributed by atoms with Gasteiger partial charge in [0.25, 0.3) is 0 Å². The lowest BCUT2D eigenvalue weighted by atomic mass is 10.0. The molecule has 16 heavy (non-hydrogen) atoms. The normalized spacial score (nSPS) is 24.2. The van der Waals surface area contributed by atoms with E-state index in [0.29, 0.717) is 0 Å². The molecule has 4 nitrogen and oxygen atoms in total. The average Bonchev–Trinajstić information content (AvgIpc) is 2.30. The first-order valence-electron chi connectivity index (χ1n) is 5.88. The fraction of sp³-hybridized carbons (Fsp3) is 0.667. The van der Waals surface area contributed by atoms with Crippen molar-refractivity contribution < 1.29 is 0 Å². The van der Waals surface area contributed by atoms with E-state index in [1.807, 2.05) is 0 Å². The standard InChI is InChI=1S/C12H20N4/c13-15-11-9-7-5-3-1-2-4-6-8-10-12(11)16-14/h3-10,13-14H2/b15-11-,16-12-. The fourth-order valence-corrected chi connectivity index (χ4v) is 1.76. The summed E-state index contributed by atoms with van der Waals surface area (Å²) in [6.45, 7) is 0. The van der Waals surface area contributed by atoms with E-state index in [1.54, 1.807) is 0 Å². The zero-order valence-electron chi connectivity index (χ0n) is 9.71. The minimum absolute atomic E-state index is 0.855. The van der Waals surface area contributed by atoms with Gasteiger partial charge in [-0.05, 0) is 38.5 Å². The van der Waals surface area contributed by atoms with Crippen molar-refractivity contribution in [2.24, 2.45) is 21.9 Å². The van der Waals surface area contributed by atoms with E-state index in [2.05, 4.69) is 22.0 Å². The SMILES string of the molecule is N/N=C1/CCCCC#CCCCC/C1=N/N. The molecule has 1 rings (SSSR count). The lowest BCUT2D eigenvalue weighted by Gasteiger charge is -2.08. The summed E-state index contributed by atoms with van der Waals surface area (Å²) in [4.78, 5) is 0. The van der Waals surface area contributed by atoms with Crippen LogP contribution in [-0.2, 0) is 0 Å². The molecule has 0 saturated carbocycles. The Balaban J connectivity index is 2.62. The Morgan fingerprint density at radius 3 is 1.56 bits per heavy atom. The highest BCUT2D eigenvalue weighted by atomic mass is 15.2. The molecule has 4 heteroatoms. The number of hydrazone groups is 2. The number of hydrogen-bond acceptors (Lipinski definition) is 4. The van der Waals surface area contributed by atoms with Crippen LogP contribution in [0, 0.1) is 11.8 Å². The van der Waals surface area contributed by atoms with Crippen LogP contribution in [0.5, 0.6) is 0 Å². The molecule has 88 valence electrons. The number of nitrogens with zero attached hydrogens (tertiary/aromatic N) is 2. The summed E-state index contributed by atoms with van der Waals surface area (Å²) in [6, 6.07) is 0. The molecule has 0 radical (unpaired) electrons. The molecule has 1 aliphatic carbocycles. The average molecular weight is 220 g/mol. The van der Waals surface area contributed by atoms with Crippen molar-refractivity contribution >= 4 is 11.4 Å². The van der Waals surface area contributed by atoms with E-state index in [0.717, 1.165) is 62.8 Å². The molecule has 0 atom stereocenters. The Bertz CT molecular complexity index is 290. The van der Waals surface area contributed by atoms with Crippen LogP contribution in [0.2, 0.25) is 0 Å². The Hall–Kier alpha value is -1.50. The summed E-state index contributed by atoms with van der Waals surface area (Å²) in [7, 11) is 0. The summed E-state index contributed by atoms with van der Waals surface area (Å²) in [5.74, 6) is 17.1. The van der Waals surface area contributed by atoms with E-state index in [1.165, 1.54) is 0 Å². The molecular formula is C12H20N4. The second-order valence-electron chi connectivity index (χ2n) is 3.92. The van der Waals surface area contributed by atoms with Gasteiger partial charge in [0, 0.05) is 12.8 Å². The summed E-state index contributed by atoms with van der Waals surface area (Å²) in [5, 5.41) is 7.60. The van der Waals surface area contributed by atoms with Gasteiger partial charge in [-0.1, -0.05) is 0 Å². The molecule has 0 aromatic heterocycles. The maximum Gasteiger partial charge on any atom is 0.0832 e. The zero-order valence-corrected chi connectivity index (χ0v) is 9.71. The van der Waals surface area contributed by atoms with Crippen molar-refractivity contribution in [2.45, 2.75) is 51.4 Å². The van der Waals surface area contributed by atoms with Crippen LogP contribution in [0.1, 0.15) is 51.4 Å². The molecule has 0 amide bonds. The van der Waals surface area contributed by atoms with E-state index < -0.39 is 0 Å². The summed E-state index contributed by atoms with van der Waals surface area (Å²) < 4.78 is 0. The fourth-order valence-electron chi connectivity index (χ4n) is 1.76. The van der Waals surface area contributed by atoms with Crippen molar-refractivity contribution in [3.05, 3.63) is 0 Å². The second kappa shape index (κ2) is 7.75. The quantitative estimate of drug-likeness (QED) is 0.370. The molecule has 0 aliphatic heterocycles. The number of nitrogens with two attached hydrogens (primary N) is 2. The lowest BCUT2D eigenvalue weighted by Crippen LogP contribution is -2.18. The molecule has 4 N–H and O–H groups in total. The summed E-state index contributed by atoms with van der Waals surface area (Å²) in [5.41, 5.74) is 1.71. The van der Waals surface area contributed by atoms with Gasteiger partial charge in [-0.3, -0.25) is 0 Å².